The van der Waals surface area contributed by atoms with E-state index in [2.05, 4.69) is 15.5 Å². The molecule has 0 radical (unpaired) electrons. The van der Waals surface area contributed by atoms with E-state index < -0.39 is 0 Å². The lowest BCUT2D eigenvalue weighted by atomic mass is 9.97. The number of benzene rings is 1. The third-order valence-electron chi connectivity index (χ3n) is 4.82. The molecule has 26 heavy (non-hydrogen) atoms. The number of likely N-dealkylation sites (tertiary alicyclic amines) is 1. The molecule has 1 amide bonds. The van der Waals surface area contributed by atoms with Crippen LogP contribution in [0.25, 0.3) is 11.4 Å². The maximum absolute atomic E-state index is 13.7. The smallest absolute Gasteiger partial charge is 0.227 e. The first-order chi connectivity index (χ1) is 12.6. The minimum absolute atomic E-state index is 0.118. The van der Waals surface area contributed by atoms with Gasteiger partial charge in [0, 0.05) is 31.5 Å². The number of carbonyl (C=O) groups is 1. The van der Waals surface area contributed by atoms with Crippen LogP contribution in [-0.2, 0) is 11.2 Å². The van der Waals surface area contributed by atoms with Gasteiger partial charge in [-0.3, -0.25) is 4.79 Å². The van der Waals surface area contributed by atoms with Crippen molar-refractivity contribution in [3.8, 4) is 11.4 Å². The molecule has 3 rings (SSSR count). The topological polar surface area (TPSA) is 71.3 Å². The number of halogens is 1. The van der Waals surface area contributed by atoms with E-state index in [0.29, 0.717) is 41.6 Å². The molecule has 0 spiro atoms. The second-order valence-electron chi connectivity index (χ2n) is 6.88. The largest absolute Gasteiger partial charge is 0.342 e. The fraction of sp³-hybridized carbons (Fsp3) is 0.526. The Kier molecular flexibility index (Phi) is 5.98. The molecule has 2 aromatic rings. The van der Waals surface area contributed by atoms with Crippen LogP contribution in [0.1, 0.15) is 30.7 Å². The fourth-order valence-electron chi connectivity index (χ4n) is 3.32. The molecule has 1 aromatic heterocycles. The minimum atomic E-state index is -0.301. The predicted octanol–water partition coefficient (Wildman–Crippen LogP) is 2.57. The van der Waals surface area contributed by atoms with Crippen molar-refractivity contribution in [3.63, 3.8) is 0 Å². The van der Waals surface area contributed by atoms with E-state index in [9.17, 15) is 9.18 Å². The van der Waals surface area contributed by atoms with E-state index in [0.717, 1.165) is 32.5 Å². The Morgan fingerprint density at radius 1 is 1.46 bits per heavy atom. The first-order valence-electron chi connectivity index (χ1n) is 9.08. The quantitative estimate of drug-likeness (QED) is 0.857. The zero-order chi connectivity index (χ0) is 18.5. The van der Waals surface area contributed by atoms with Crippen molar-refractivity contribution in [2.45, 2.75) is 32.6 Å². The van der Waals surface area contributed by atoms with Crippen molar-refractivity contribution in [2.24, 2.45) is 5.92 Å². The number of hydrogen-bond acceptors (Lipinski definition) is 5. The number of amides is 1. The second kappa shape index (κ2) is 8.40. The summed E-state index contributed by atoms with van der Waals surface area (Å²) in [5, 5.41) is 7.08. The van der Waals surface area contributed by atoms with Crippen molar-refractivity contribution < 1.29 is 13.7 Å². The van der Waals surface area contributed by atoms with Crippen LogP contribution >= 0.6 is 0 Å². The van der Waals surface area contributed by atoms with Crippen LogP contribution in [0.4, 0.5) is 4.39 Å². The van der Waals surface area contributed by atoms with Crippen LogP contribution in [0.5, 0.6) is 0 Å². The third kappa shape index (κ3) is 4.46. The number of aromatic nitrogens is 2. The van der Waals surface area contributed by atoms with Gasteiger partial charge in [-0.2, -0.15) is 4.98 Å². The maximum Gasteiger partial charge on any atom is 0.227 e. The summed E-state index contributed by atoms with van der Waals surface area (Å²) < 4.78 is 18.9. The van der Waals surface area contributed by atoms with E-state index >= 15 is 0 Å². The van der Waals surface area contributed by atoms with Gasteiger partial charge in [0.1, 0.15) is 5.82 Å². The average Bonchev–Trinajstić information content (AvgIpc) is 3.11. The standard InChI is InChI=1S/C19H25FN4O2/c1-13-5-6-15(10-16(13)20)19-22-17(26-23-19)7-8-18(25)24-9-3-4-14(12-24)11-21-2/h5-6,10,14,21H,3-4,7-9,11-12H2,1-2H3. The Morgan fingerprint density at radius 3 is 3.08 bits per heavy atom. The summed E-state index contributed by atoms with van der Waals surface area (Å²) in [6.07, 6.45) is 2.94. The summed E-state index contributed by atoms with van der Waals surface area (Å²) in [4.78, 5) is 18.7. The molecule has 6 nitrogen and oxygen atoms in total. The molecule has 1 atom stereocenters. The van der Waals surface area contributed by atoms with Gasteiger partial charge in [0.25, 0.3) is 0 Å². The normalized spacial score (nSPS) is 17.5. The molecule has 0 saturated carbocycles. The molecular weight excluding hydrogens is 335 g/mol. The molecule has 1 aromatic carbocycles. The summed E-state index contributed by atoms with van der Waals surface area (Å²) in [5.74, 6) is 1.08. The Bertz CT molecular complexity index is 760. The highest BCUT2D eigenvalue weighted by molar-refractivity contribution is 5.76. The van der Waals surface area contributed by atoms with Crippen molar-refractivity contribution in [1.82, 2.24) is 20.4 Å². The summed E-state index contributed by atoms with van der Waals surface area (Å²) >= 11 is 0. The summed E-state index contributed by atoms with van der Waals surface area (Å²) in [6, 6.07) is 4.83. The van der Waals surface area contributed by atoms with Gasteiger partial charge in [-0.25, -0.2) is 4.39 Å². The molecule has 2 heterocycles. The lowest BCUT2D eigenvalue weighted by Crippen LogP contribution is -2.42. The van der Waals surface area contributed by atoms with Crippen LogP contribution in [-0.4, -0.2) is 47.6 Å². The van der Waals surface area contributed by atoms with Gasteiger partial charge in [-0.05, 0) is 50.9 Å². The highest BCUT2D eigenvalue weighted by Crippen LogP contribution is 2.20. The number of carbonyl (C=O) groups excluding carboxylic acids is 1. The number of aryl methyl sites for hydroxylation is 2. The van der Waals surface area contributed by atoms with Crippen LogP contribution in [0.15, 0.2) is 22.7 Å². The van der Waals surface area contributed by atoms with Crippen molar-refractivity contribution in [3.05, 3.63) is 35.5 Å². The summed E-state index contributed by atoms with van der Waals surface area (Å²) in [7, 11) is 1.94. The van der Waals surface area contributed by atoms with Gasteiger partial charge in [0.15, 0.2) is 0 Å². The van der Waals surface area contributed by atoms with Gasteiger partial charge >= 0.3 is 0 Å². The summed E-state index contributed by atoms with van der Waals surface area (Å²) in [6.45, 7) is 4.26. The molecule has 140 valence electrons. The zero-order valence-corrected chi connectivity index (χ0v) is 15.3. The number of nitrogens with one attached hydrogen (secondary N) is 1. The summed E-state index contributed by atoms with van der Waals surface area (Å²) in [5.41, 5.74) is 1.14. The lowest BCUT2D eigenvalue weighted by Gasteiger charge is -2.32. The van der Waals surface area contributed by atoms with Gasteiger partial charge in [-0.15, -0.1) is 0 Å². The molecule has 1 aliphatic heterocycles. The first kappa shape index (κ1) is 18.5. The van der Waals surface area contributed by atoms with E-state index in [-0.39, 0.29) is 11.7 Å². The van der Waals surface area contributed by atoms with Gasteiger partial charge < -0.3 is 14.7 Å². The molecule has 1 fully saturated rings. The molecule has 0 bridgehead atoms. The molecule has 7 heteroatoms. The van der Waals surface area contributed by atoms with Crippen LogP contribution in [0.3, 0.4) is 0 Å². The van der Waals surface area contributed by atoms with E-state index in [1.165, 1.54) is 6.07 Å². The average molecular weight is 360 g/mol. The predicted molar refractivity (Wildman–Crippen MR) is 96.0 cm³/mol. The Morgan fingerprint density at radius 2 is 2.31 bits per heavy atom. The van der Waals surface area contributed by atoms with Gasteiger partial charge in [0.05, 0.1) is 0 Å². The minimum Gasteiger partial charge on any atom is -0.342 e. The number of piperidine rings is 1. The maximum atomic E-state index is 13.7. The van der Waals surface area contributed by atoms with Crippen LogP contribution < -0.4 is 5.32 Å². The van der Waals surface area contributed by atoms with E-state index in [1.54, 1.807) is 19.1 Å². The third-order valence-corrected chi connectivity index (χ3v) is 4.82. The van der Waals surface area contributed by atoms with Gasteiger partial charge in [0.2, 0.25) is 17.6 Å². The SMILES string of the molecule is CNCC1CCCN(C(=O)CCc2nc(-c3ccc(C)c(F)c3)no2)C1. The Labute approximate surface area is 152 Å². The van der Waals surface area contributed by atoms with Crippen LogP contribution in [0, 0.1) is 18.7 Å². The monoisotopic (exact) mass is 360 g/mol. The molecular formula is C19H25FN4O2. The van der Waals surface area contributed by atoms with Crippen molar-refractivity contribution in [2.75, 3.05) is 26.7 Å². The highest BCUT2D eigenvalue weighted by atomic mass is 19.1. The van der Waals surface area contributed by atoms with Crippen molar-refractivity contribution in [1.29, 1.82) is 0 Å². The van der Waals surface area contributed by atoms with Crippen molar-refractivity contribution >= 4 is 5.91 Å². The molecule has 1 unspecified atom stereocenters. The number of rotatable bonds is 6. The van der Waals surface area contributed by atoms with Crippen LogP contribution in [0.2, 0.25) is 0 Å². The molecule has 1 saturated heterocycles. The van der Waals surface area contributed by atoms with E-state index in [1.807, 2.05) is 11.9 Å². The number of hydrogen-bond donors (Lipinski definition) is 1. The van der Waals surface area contributed by atoms with Gasteiger partial charge in [-0.1, -0.05) is 17.3 Å². The van der Waals surface area contributed by atoms with E-state index in [4.69, 9.17) is 4.52 Å². The highest BCUT2D eigenvalue weighted by Gasteiger charge is 2.23. The number of nitrogens with zero attached hydrogens (tertiary/aromatic N) is 3. The fourth-order valence-corrected chi connectivity index (χ4v) is 3.32. The Hall–Kier alpha value is -2.28. The lowest BCUT2D eigenvalue weighted by molar-refractivity contribution is -0.133. The molecule has 1 N–H and O–H groups in total. The zero-order valence-electron chi connectivity index (χ0n) is 15.3. The Balaban J connectivity index is 1.56. The first-order valence-corrected chi connectivity index (χ1v) is 9.08. The second-order valence-corrected chi connectivity index (χ2v) is 6.88. The molecule has 1 aliphatic rings. The molecule has 0 aliphatic carbocycles.